The molecule has 1 fully saturated rings. The first-order chi connectivity index (χ1) is 8.15. The van der Waals surface area contributed by atoms with E-state index in [9.17, 15) is 5.11 Å². The van der Waals surface area contributed by atoms with Gasteiger partial charge in [-0.25, -0.2) is 0 Å². The van der Waals surface area contributed by atoms with Crippen LogP contribution in [-0.2, 0) is 4.74 Å². The van der Waals surface area contributed by atoms with Crippen molar-refractivity contribution >= 4 is 23.4 Å². The normalized spacial score (nSPS) is 19.7. The molecule has 1 aromatic rings. The first-order valence-electron chi connectivity index (χ1n) is 5.71. The van der Waals surface area contributed by atoms with E-state index in [1.165, 1.54) is 5.56 Å². The van der Waals surface area contributed by atoms with E-state index >= 15 is 0 Å². The Labute approximate surface area is 111 Å². The number of aliphatic hydroxyl groups excluding tert-OH is 1. The summed E-state index contributed by atoms with van der Waals surface area (Å²) >= 11 is 7.82. The van der Waals surface area contributed by atoms with Gasteiger partial charge in [0.2, 0.25) is 0 Å². The van der Waals surface area contributed by atoms with Gasteiger partial charge >= 0.3 is 0 Å². The van der Waals surface area contributed by atoms with Crippen molar-refractivity contribution in [2.24, 2.45) is 5.41 Å². The molecule has 1 N–H and O–H groups in total. The molecule has 2 rings (SSSR count). The Morgan fingerprint density at radius 1 is 1.53 bits per heavy atom. The molecule has 1 heterocycles. The zero-order valence-electron chi connectivity index (χ0n) is 9.86. The molecule has 1 atom stereocenters. The molecule has 4 heteroatoms. The Morgan fingerprint density at radius 3 is 2.82 bits per heavy atom. The van der Waals surface area contributed by atoms with Crippen molar-refractivity contribution in [3.05, 3.63) is 34.9 Å². The Bertz CT molecular complexity index is 374. The van der Waals surface area contributed by atoms with Gasteiger partial charge in [0.15, 0.2) is 0 Å². The molecule has 0 aromatic heterocycles. The number of aliphatic hydroxyl groups is 1. The van der Waals surface area contributed by atoms with Crippen LogP contribution in [0, 0.1) is 5.41 Å². The molecule has 1 unspecified atom stereocenters. The van der Waals surface area contributed by atoms with E-state index < -0.39 is 0 Å². The van der Waals surface area contributed by atoms with Gasteiger partial charge in [-0.05, 0) is 24.6 Å². The Morgan fingerprint density at radius 2 is 2.29 bits per heavy atom. The highest BCUT2D eigenvalue weighted by molar-refractivity contribution is 7.99. The second kappa shape index (κ2) is 5.61. The smallest absolute Gasteiger partial charge is 0.0575 e. The maximum absolute atomic E-state index is 9.35. The van der Waals surface area contributed by atoms with E-state index in [2.05, 4.69) is 13.0 Å². The van der Waals surface area contributed by atoms with Crippen molar-refractivity contribution in [1.82, 2.24) is 0 Å². The van der Waals surface area contributed by atoms with Gasteiger partial charge in [-0.3, -0.25) is 0 Å². The van der Waals surface area contributed by atoms with Gasteiger partial charge in [0, 0.05) is 21.4 Å². The first kappa shape index (κ1) is 13.2. The van der Waals surface area contributed by atoms with E-state index in [4.69, 9.17) is 16.3 Å². The molecular weight excluding hydrogens is 256 g/mol. The predicted octanol–water partition coefficient (Wildman–Crippen LogP) is 3.14. The minimum atomic E-state index is -0.0164. The van der Waals surface area contributed by atoms with Crippen molar-refractivity contribution in [3.63, 3.8) is 0 Å². The van der Waals surface area contributed by atoms with E-state index in [0.29, 0.717) is 18.5 Å². The molecule has 0 saturated carbocycles. The summed E-state index contributed by atoms with van der Waals surface area (Å²) in [5.74, 6) is 0.928. The van der Waals surface area contributed by atoms with Crippen LogP contribution >= 0.6 is 23.4 Å². The number of ether oxygens (including phenoxy) is 1. The molecule has 1 aliphatic rings. The maximum atomic E-state index is 9.35. The highest BCUT2D eigenvalue weighted by Crippen LogP contribution is 2.37. The van der Waals surface area contributed by atoms with Crippen LogP contribution in [0.2, 0.25) is 5.02 Å². The molecule has 0 bridgehead atoms. The summed E-state index contributed by atoms with van der Waals surface area (Å²) in [4.78, 5) is 0. The van der Waals surface area contributed by atoms with E-state index in [-0.39, 0.29) is 12.0 Å². The lowest BCUT2D eigenvalue weighted by Gasteiger charge is -2.40. The molecular formula is C13H17ClO2S. The summed E-state index contributed by atoms with van der Waals surface area (Å²) in [7, 11) is 0. The van der Waals surface area contributed by atoms with Crippen molar-refractivity contribution < 1.29 is 9.84 Å². The molecule has 0 aliphatic carbocycles. The average molecular weight is 273 g/mol. The summed E-state index contributed by atoms with van der Waals surface area (Å²) in [6.07, 6.45) is 0. The largest absolute Gasteiger partial charge is 0.396 e. The quantitative estimate of drug-likeness (QED) is 0.893. The lowest BCUT2D eigenvalue weighted by molar-refractivity contribution is -0.121. The van der Waals surface area contributed by atoms with Crippen molar-refractivity contribution in [1.29, 1.82) is 0 Å². The van der Waals surface area contributed by atoms with Gasteiger partial charge in [0.25, 0.3) is 0 Å². The molecule has 17 heavy (non-hydrogen) atoms. The number of rotatable bonds is 5. The Balaban J connectivity index is 1.91. The molecule has 0 spiro atoms. The summed E-state index contributed by atoms with van der Waals surface area (Å²) < 4.78 is 5.19. The fourth-order valence-corrected chi connectivity index (χ4v) is 3.17. The lowest BCUT2D eigenvalue weighted by atomic mass is 9.90. The number of hydrogen-bond donors (Lipinski definition) is 1. The third kappa shape index (κ3) is 3.16. The summed E-state index contributed by atoms with van der Waals surface area (Å²) in [6, 6.07) is 7.95. The van der Waals surface area contributed by atoms with Gasteiger partial charge in [0.05, 0.1) is 19.8 Å². The second-order valence-electron chi connectivity index (χ2n) is 4.66. The van der Waals surface area contributed by atoms with Crippen LogP contribution in [0.4, 0.5) is 0 Å². The van der Waals surface area contributed by atoms with Gasteiger partial charge in [0.1, 0.15) is 0 Å². The molecule has 2 nitrogen and oxygen atoms in total. The first-order valence-corrected chi connectivity index (χ1v) is 7.14. The van der Waals surface area contributed by atoms with Crippen LogP contribution < -0.4 is 0 Å². The van der Waals surface area contributed by atoms with Gasteiger partial charge in [-0.2, -0.15) is 11.8 Å². The number of benzene rings is 1. The topological polar surface area (TPSA) is 29.5 Å². The molecule has 0 radical (unpaired) electrons. The van der Waals surface area contributed by atoms with Crippen LogP contribution in [0.15, 0.2) is 24.3 Å². The van der Waals surface area contributed by atoms with E-state index in [1.54, 1.807) is 0 Å². The van der Waals surface area contributed by atoms with Gasteiger partial charge in [-0.1, -0.05) is 23.7 Å². The SMILES string of the molecule is CC(SCC1(CO)COC1)c1cccc(Cl)c1. The predicted molar refractivity (Wildman–Crippen MR) is 72.7 cm³/mol. The molecule has 0 amide bonds. The van der Waals surface area contributed by atoms with E-state index in [0.717, 1.165) is 10.8 Å². The fourth-order valence-electron chi connectivity index (χ4n) is 1.77. The van der Waals surface area contributed by atoms with Crippen molar-refractivity contribution in [2.45, 2.75) is 12.2 Å². The molecule has 1 saturated heterocycles. The molecule has 1 aliphatic heterocycles. The number of hydrogen-bond acceptors (Lipinski definition) is 3. The molecule has 1 aromatic carbocycles. The Kier molecular flexibility index (Phi) is 4.36. The monoisotopic (exact) mass is 272 g/mol. The van der Waals surface area contributed by atoms with E-state index in [1.807, 2.05) is 30.0 Å². The minimum absolute atomic E-state index is 0.0164. The van der Waals surface area contributed by atoms with Crippen LogP contribution in [0.5, 0.6) is 0 Å². The van der Waals surface area contributed by atoms with Crippen LogP contribution in [-0.4, -0.2) is 30.7 Å². The Hall–Kier alpha value is -0.220. The highest BCUT2D eigenvalue weighted by Gasteiger charge is 2.38. The zero-order chi connectivity index (χ0) is 12.3. The second-order valence-corrected chi connectivity index (χ2v) is 6.42. The zero-order valence-corrected chi connectivity index (χ0v) is 11.4. The standard InChI is InChI=1S/C13H17ClO2S/c1-10(11-3-2-4-12(14)5-11)17-9-13(6-15)7-16-8-13/h2-5,10,15H,6-9H2,1H3. The molecule has 94 valence electrons. The third-order valence-corrected chi connectivity index (χ3v) is 4.90. The van der Waals surface area contributed by atoms with Crippen LogP contribution in [0.1, 0.15) is 17.7 Å². The van der Waals surface area contributed by atoms with Gasteiger partial charge < -0.3 is 9.84 Å². The summed E-state index contributed by atoms with van der Waals surface area (Å²) in [6.45, 7) is 3.74. The fraction of sp³-hybridized carbons (Fsp3) is 0.538. The van der Waals surface area contributed by atoms with Crippen molar-refractivity contribution in [2.75, 3.05) is 25.6 Å². The number of thioether (sulfide) groups is 1. The van der Waals surface area contributed by atoms with Gasteiger partial charge in [-0.15, -0.1) is 0 Å². The van der Waals surface area contributed by atoms with Crippen LogP contribution in [0.25, 0.3) is 0 Å². The number of halogens is 1. The third-order valence-electron chi connectivity index (χ3n) is 3.11. The van der Waals surface area contributed by atoms with Crippen molar-refractivity contribution in [3.8, 4) is 0 Å². The van der Waals surface area contributed by atoms with Crippen LogP contribution in [0.3, 0.4) is 0 Å². The summed E-state index contributed by atoms with van der Waals surface area (Å²) in [5.41, 5.74) is 1.22. The maximum Gasteiger partial charge on any atom is 0.0575 e. The summed E-state index contributed by atoms with van der Waals surface area (Å²) in [5, 5.41) is 10.5. The highest BCUT2D eigenvalue weighted by atomic mass is 35.5. The lowest BCUT2D eigenvalue weighted by Crippen LogP contribution is -2.47. The average Bonchev–Trinajstić information content (AvgIpc) is 2.28. The minimum Gasteiger partial charge on any atom is -0.396 e.